The molecule has 0 saturated carbocycles. The van der Waals surface area contributed by atoms with Crippen LogP contribution in [-0.2, 0) is 30.9 Å². The van der Waals surface area contributed by atoms with Crippen LogP contribution in [0, 0.1) is 10.1 Å². The summed E-state index contributed by atoms with van der Waals surface area (Å²) in [7, 11) is -3.97. The highest BCUT2D eigenvalue weighted by atomic mass is 32.2. The molecule has 3 amide bonds. The van der Waals surface area contributed by atoms with Gasteiger partial charge in [-0.15, -0.1) is 0 Å². The third-order valence-corrected chi connectivity index (χ3v) is 8.27. The van der Waals surface area contributed by atoms with Crippen LogP contribution in [0.4, 0.5) is 21.0 Å². The van der Waals surface area contributed by atoms with Crippen molar-refractivity contribution in [1.82, 2.24) is 14.9 Å². The van der Waals surface area contributed by atoms with Crippen LogP contribution in [0.3, 0.4) is 0 Å². The Labute approximate surface area is 277 Å². The van der Waals surface area contributed by atoms with E-state index in [0.717, 1.165) is 0 Å². The van der Waals surface area contributed by atoms with E-state index in [9.17, 15) is 32.9 Å². The maximum absolute atomic E-state index is 13.4. The van der Waals surface area contributed by atoms with Crippen LogP contribution in [0.25, 0.3) is 0 Å². The first-order valence-electron chi connectivity index (χ1n) is 14.9. The molecule has 0 bridgehead atoms. The molecule has 16 heteroatoms. The molecule has 0 radical (unpaired) electrons. The number of nitrogens with zero attached hydrogens (tertiary/aromatic N) is 2. The number of carbonyl (C=O) groups is 3. The lowest BCUT2D eigenvalue weighted by Gasteiger charge is -2.28. The normalized spacial score (nSPS) is 16.1. The van der Waals surface area contributed by atoms with Crippen molar-refractivity contribution in [3.63, 3.8) is 0 Å². The van der Waals surface area contributed by atoms with Gasteiger partial charge in [0.05, 0.1) is 10.7 Å². The van der Waals surface area contributed by atoms with Crippen molar-refractivity contribution in [2.45, 2.75) is 51.5 Å². The second kappa shape index (κ2) is 15.6. The molecule has 1 fully saturated rings. The van der Waals surface area contributed by atoms with Crippen molar-refractivity contribution < 1.29 is 41.9 Å². The van der Waals surface area contributed by atoms with Crippen LogP contribution in [0.5, 0.6) is 11.5 Å². The van der Waals surface area contributed by atoms with E-state index < -0.39 is 56.5 Å². The first-order chi connectivity index (χ1) is 22.7. The largest absolute Gasteiger partial charge is 0.457 e. The van der Waals surface area contributed by atoms with Crippen molar-refractivity contribution in [3.05, 3.63) is 94.5 Å². The standard InChI is InChI=1S/C32H37N5O10S/c1-32(2,3)47-31(40)36-20-24(19-28(36)29(38)34-23-11-15-27(16-12-23)46-26-7-5-4-6-8-26)35-48(43,44)18-17-33-30(39)45-21-22-9-13-25(14-10-22)37(41)42/h4-16,24,28,35H,17-21H2,1-3H3,(H,33,39)(H,34,38)/t24-,28+/m1/s1. The van der Waals surface area contributed by atoms with E-state index in [4.69, 9.17) is 14.2 Å². The molecule has 0 spiro atoms. The Hall–Kier alpha value is -5.22. The van der Waals surface area contributed by atoms with Crippen molar-refractivity contribution in [1.29, 1.82) is 0 Å². The molecule has 0 aromatic heterocycles. The number of hydrogen-bond acceptors (Lipinski definition) is 10. The first kappa shape index (κ1) is 35.6. The lowest BCUT2D eigenvalue weighted by molar-refractivity contribution is -0.384. The van der Waals surface area contributed by atoms with Gasteiger partial charge in [-0.3, -0.25) is 19.8 Å². The second-order valence-corrected chi connectivity index (χ2v) is 13.7. The monoisotopic (exact) mass is 683 g/mol. The zero-order valence-corrected chi connectivity index (χ0v) is 27.4. The molecule has 1 saturated heterocycles. The van der Waals surface area contributed by atoms with Gasteiger partial charge < -0.3 is 24.8 Å². The Balaban J connectivity index is 1.31. The number of likely N-dealkylation sites (tertiary alicyclic amines) is 1. The average Bonchev–Trinajstić information content (AvgIpc) is 3.44. The number of hydrogen-bond donors (Lipinski definition) is 3. The lowest BCUT2D eigenvalue weighted by Crippen LogP contribution is -2.46. The number of nitrogens with one attached hydrogen (secondary N) is 3. The molecule has 1 aliphatic rings. The van der Waals surface area contributed by atoms with E-state index in [1.165, 1.54) is 29.2 Å². The summed E-state index contributed by atoms with van der Waals surface area (Å²) in [6, 6.07) is 19.4. The third kappa shape index (κ3) is 10.9. The van der Waals surface area contributed by atoms with Crippen LogP contribution in [0.15, 0.2) is 78.9 Å². The zero-order chi connectivity index (χ0) is 34.9. The molecule has 4 rings (SSSR count). The van der Waals surface area contributed by atoms with Crippen molar-refractivity contribution in [2.75, 3.05) is 24.2 Å². The number of para-hydroxylation sites is 1. The molecule has 2 atom stereocenters. The molecule has 1 aliphatic heterocycles. The summed E-state index contributed by atoms with van der Waals surface area (Å²) in [5.74, 6) is 0.169. The molecule has 48 heavy (non-hydrogen) atoms. The van der Waals surface area contributed by atoms with Gasteiger partial charge in [0.15, 0.2) is 0 Å². The van der Waals surface area contributed by atoms with Crippen molar-refractivity contribution in [3.8, 4) is 11.5 Å². The van der Waals surface area contributed by atoms with Crippen molar-refractivity contribution in [2.24, 2.45) is 0 Å². The van der Waals surface area contributed by atoms with Gasteiger partial charge in [-0.05, 0) is 81.3 Å². The van der Waals surface area contributed by atoms with E-state index in [2.05, 4.69) is 15.4 Å². The number of nitro benzene ring substituents is 1. The Morgan fingerprint density at radius 3 is 2.23 bits per heavy atom. The van der Waals surface area contributed by atoms with Gasteiger partial charge in [-0.25, -0.2) is 22.7 Å². The summed E-state index contributed by atoms with van der Waals surface area (Å²) in [5, 5.41) is 15.9. The minimum absolute atomic E-state index is 0.0236. The number of amides is 3. The summed E-state index contributed by atoms with van der Waals surface area (Å²) < 4.78 is 44.5. The number of anilines is 1. The van der Waals surface area contributed by atoms with Gasteiger partial charge in [0, 0.05) is 37.0 Å². The molecule has 0 aliphatic carbocycles. The first-order valence-corrected chi connectivity index (χ1v) is 16.6. The summed E-state index contributed by atoms with van der Waals surface area (Å²) in [5.41, 5.74) is -0.0128. The average molecular weight is 684 g/mol. The van der Waals surface area contributed by atoms with Crippen LogP contribution in [-0.4, -0.2) is 72.9 Å². The molecule has 1 heterocycles. The fourth-order valence-electron chi connectivity index (χ4n) is 4.66. The maximum atomic E-state index is 13.4. The highest BCUT2D eigenvalue weighted by molar-refractivity contribution is 7.89. The number of benzene rings is 3. The van der Waals surface area contributed by atoms with Gasteiger partial charge in [0.25, 0.3) is 5.69 Å². The number of rotatable bonds is 12. The summed E-state index contributed by atoms with van der Waals surface area (Å²) in [6.07, 6.45) is -1.67. The molecule has 15 nitrogen and oxygen atoms in total. The Kier molecular flexibility index (Phi) is 11.6. The van der Waals surface area contributed by atoms with Crippen LogP contribution < -0.4 is 20.1 Å². The molecular weight excluding hydrogens is 646 g/mol. The molecule has 3 aromatic carbocycles. The maximum Gasteiger partial charge on any atom is 0.411 e. The number of sulfonamides is 1. The zero-order valence-electron chi connectivity index (χ0n) is 26.6. The van der Waals surface area contributed by atoms with Crippen LogP contribution in [0.1, 0.15) is 32.8 Å². The SMILES string of the molecule is CC(C)(C)OC(=O)N1C[C@H](NS(=O)(=O)CCNC(=O)OCc2ccc([N+](=O)[O-])cc2)C[C@H]1C(=O)Nc1ccc(Oc2ccccc2)cc1. The highest BCUT2D eigenvalue weighted by Crippen LogP contribution is 2.26. The molecule has 256 valence electrons. The predicted molar refractivity (Wildman–Crippen MR) is 175 cm³/mol. The predicted octanol–water partition coefficient (Wildman–Crippen LogP) is 4.55. The molecule has 3 aromatic rings. The summed E-state index contributed by atoms with van der Waals surface area (Å²) in [6.45, 7) is 4.45. The minimum Gasteiger partial charge on any atom is -0.457 e. The Morgan fingerprint density at radius 1 is 0.958 bits per heavy atom. The van der Waals surface area contributed by atoms with Crippen LogP contribution in [0.2, 0.25) is 0 Å². The smallest absolute Gasteiger partial charge is 0.411 e. The van der Waals surface area contributed by atoms with E-state index in [1.807, 2.05) is 30.3 Å². The van der Waals surface area contributed by atoms with E-state index >= 15 is 0 Å². The summed E-state index contributed by atoms with van der Waals surface area (Å²) >= 11 is 0. The van der Waals surface area contributed by atoms with E-state index in [0.29, 0.717) is 22.7 Å². The minimum atomic E-state index is -3.97. The fourth-order valence-corrected chi connectivity index (χ4v) is 5.83. The quantitative estimate of drug-likeness (QED) is 0.180. The number of ether oxygens (including phenoxy) is 3. The van der Waals surface area contributed by atoms with Gasteiger partial charge in [0.1, 0.15) is 29.7 Å². The molecule has 3 N–H and O–H groups in total. The fraction of sp³-hybridized carbons (Fsp3) is 0.344. The third-order valence-electron chi connectivity index (χ3n) is 6.84. The Morgan fingerprint density at radius 2 is 1.60 bits per heavy atom. The topological polar surface area (TPSA) is 196 Å². The van der Waals surface area contributed by atoms with Gasteiger partial charge in [-0.1, -0.05) is 18.2 Å². The number of nitro groups is 1. The molecule has 0 unspecified atom stereocenters. The van der Waals surface area contributed by atoms with E-state index in [-0.39, 0.29) is 31.8 Å². The van der Waals surface area contributed by atoms with E-state index in [1.54, 1.807) is 45.0 Å². The number of alkyl carbamates (subject to hydrolysis) is 1. The van der Waals surface area contributed by atoms with Gasteiger partial charge >= 0.3 is 12.2 Å². The van der Waals surface area contributed by atoms with Gasteiger partial charge in [-0.2, -0.15) is 0 Å². The molecular formula is C32H37N5O10S. The van der Waals surface area contributed by atoms with Crippen molar-refractivity contribution >= 4 is 39.5 Å². The Bertz CT molecular complexity index is 1700. The number of non-ortho nitro benzene ring substituents is 1. The van der Waals surface area contributed by atoms with Crippen LogP contribution >= 0.6 is 0 Å². The lowest BCUT2D eigenvalue weighted by atomic mass is 10.1. The number of carbonyl (C=O) groups excluding carboxylic acids is 3. The second-order valence-electron chi connectivity index (χ2n) is 11.9. The van der Waals surface area contributed by atoms with Gasteiger partial charge in [0.2, 0.25) is 15.9 Å². The summed E-state index contributed by atoms with van der Waals surface area (Å²) in [4.78, 5) is 49.9. The highest BCUT2D eigenvalue weighted by Gasteiger charge is 2.42.